The minimum absolute atomic E-state index is 1.03. The zero-order valence-electron chi connectivity index (χ0n) is 31.1. The molecule has 0 bridgehead atoms. The van der Waals surface area contributed by atoms with Gasteiger partial charge in [0.05, 0.1) is 0 Å². The minimum atomic E-state index is 1.03. The smallest absolute Gasteiger partial charge is 0.0462 e. The first-order chi connectivity index (χ1) is 27.1. The predicted molar refractivity (Wildman–Crippen MR) is 238 cm³/mol. The molecule has 0 unspecified atom stereocenters. The molecule has 0 N–H and O–H groups in total. The number of hydrogen-bond donors (Lipinski definition) is 0. The van der Waals surface area contributed by atoms with Crippen molar-refractivity contribution in [3.8, 4) is 11.1 Å². The third-order valence-corrected chi connectivity index (χ3v) is 9.41. The largest absolute Gasteiger partial charge is 0.315 e. The highest BCUT2D eigenvalue weighted by Gasteiger charge is 2.12. The summed E-state index contributed by atoms with van der Waals surface area (Å²) in [7, 11) is 0. The molecule has 2 nitrogen and oxygen atoms in total. The Morgan fingerprint density at radius 2 is 0.764 bits per heavy atom. The molecule has 2 heteroatoms. The Morgan fingerprint density at radius 3 is 1.18 bits per heavy atom. The number of rotatable bonds is 13. The van der Waals surface area contributed by atoms with Crippen LogP contribution in [0.1, 0.15) is 23.6 Å². The molecule has 7 rings (SSSR count). The Labute approximate surface area is 326 Å². The number of para-hydroxylation sites is 4. The first kappa shape index (κ1) is 36.2. The highest BCUT2D eigenvalue weighted by atomic mass is 15.1. The molecule has 0 saturated carbocycles. The molecule has 0 radical (unpaired) electrons. The number of anilines is 5. The minimum Gasteiger partial charge on any atom is -0.315 e. The van der Waals surface area contributed by atoms with Crippen molar-refractivity contribution >= 4 is 46.7 Å². The molecule has 266 valence electrons. The second-order valence-electron chi connectivity index (χ2n) is 13.2. The van der Waals surface area contributed by atoms with Gasteiger partial charge in [-0.1, -0.05) is 176 Å². The lowest BCUT2D eigenvalue weighted by Gasteiger charge is -2.25. The topological polar surface area (TPSA) is 6.48 Å². The average Bonchev–Trinajstić information content (AvgIpc) is 3.25. The van der Waals surface area contributed by atoms with Crippen molar-refractivity contribution in [1.29, 1.82) is 0 Å². The van der Waals surface area contributed by atoms with Crippen LogP contribution in [-0.4, -0.2) is 0 Å². The maximum atomic E-state index is 4.07. The second-order valence-corrected chi connectivity index (χ2v) is 13.2. The molecule has 0 aromatic heterocycles. The molecular formula is C53H44N2. The highest BCUT2D eigenvalue weighted by Crippen LogP contribution is 2.34. The SMILES string of the molecule is C=CC(/C=C/c1ccc(-c2ccc(/C=C/c3ccc(N(c4ccccc4)c4ccccc4)cc3)cc2)cc1)=C\C=C(/C)N(c1ccccc1)c1ccccc1. The van der Waals surface area contributed by atoms with Crippen molar-refractivity contribution < 1.29 is 0 Å². The third-order valence-electron chi connectivity index (χ3n) is 9.41. The Hall–Kier alpha value is -7.16. The van der Waals surface area contributed by atoms with E-state index in [0.29, 0.717) is 0 Å². The lowest BCUT2D eigenvalue weighted by Crippen LogP contribution is -2.13. The molecule has 0 aliphatic rings. The summed E-state index contributed by atoms with van der Waals surface area (Å²) < 4.78 is 0. The standard InChI is InChI=1S/C53H44N2/c1-3-43(25-24-42(2)54(49-16-8-4-9-17-49)50-18-10-5-11-19-50)26-27-44-30-36-47(37-31-44)48-38-32-45(33-39-48)28-29-46-34-40-53(41-35-46)55(51-20-12-6-13-21-51)52-22-14-7-15-23-52/h3-41H,1H2,2H3/b27-26+,29-28+,42-24+,43-25+. The molecule has 55 heavy (non-hydrogen) atoms. The maximum absolute atomic E-state index is 4.07. The molecule has 0 aliphatic heterocycles. The van der Waals surface area contributed by atoms with Gasteiger partial charge in [0.2, 0.25) is 0 Å². The van der Waals surface area contributed by atoms with E-state index in [9.17, 15) is 0 Å². The van der Waals surface area contributed by atoms with Crippen LogP contribution in [0.4, 0.5) is 28.4 Å². The molecule has 0 spiro atoms. The molecule has 0 fully saturated rings. The monoisotopic (exact) mass is 708 g/mol. The van der Waals surface area contributed by atoms with Gasteiger partial charge in [0.15, 0.2) is 0 Å². The zero-order chi connectivity index (χ0) is 37.7. The van der Waals surface area contributed by atoms with Crippen LogP contribution in [0, 0.1) is 0 Å². The summed E-state index contributed by atoms with van der Waals surface area (Å²) in [5, 5.41) is 0. The second kappa shape index (κ2) is 18.1. The summed E-state index contributed by atoms with van der Waals surface area (Å²) in [6, 6.07) is 68.0. The molecule has 0 atom stereocenters. The van der Waals surface area contributed by atoms with E-state index in [1.165, 1.54) is 11.1 Å². The van der Waals surface area contributed by atoms with E-state index in [4.69, 9.17) is 0 Å². The molecule has 7 aromatic carbocycles. The van der Waals surface area contributed by atoms with Crippen molar-refractivity contribution in [3.63, 3.8) is 0 Å². The van der Waals surface area contributed by atoms with Crippen LogP contribution in [-0.2, 0) is 0 Å². The van der Waals surface area contributed by atoms with Crippen LogP contribution in [0.2, 0.25) is 0 Å². The van der Waals surface area contributed by atoms with Crippen molar-refractivity contribution in [3.05, 3.63) is 253 Å². The van der Waals surface area contributed by atoms with Gasteiger partial charge < -0.3 is 9.80 Å². The predicted octanol–water partition coefficient (Wildman–Crippen LogP) is 14.9. The van der Waals surface area contributed by atoms with E-state index >= 15 is 0 Å². The van der Waals surface area contributed by atoms with E-state index < -0.39 is 0 Å². The Bertz CT molecular complexity index is 2310. The van der Waals surface area contributed by atoms with E-state index in [1.54, 1.807) is 0 Å². The summed E-state index contributed by atoms with van der Waals surface area (Å²) >= 11 is 0. The van der Waals surface area contributed by atoms with Gasteiger partial charge in [0.25, 0.3) is 0 Å². The first-order valence-corrected chi connectivity index (χ1v) is 18.6. The van der Waals surface area contributed by atoms with Crippen LogP contribution in [0.3, 0.4) is 0 Å². The quantitative estimate of drug-likeness (QED) is 0.0869. The number of nitrogens with zero attached hydrogens (tertiary/aromatic N) is 2. The third kappa shape index (κ3) is 9.45. The van der Waals surface area contributed by atoms with Gasteiger partial charge in [-0.2, -0.15) is 0 Å². The summed E-state index contributed by atoms with van der Waals surface area (Å²) in [5.74, 6) is 0. The molecule has 7 aromatic rings. The van der Waals surface area contributed by atoms with Gasteiger partial charge >= 0.3 is 0 Å². The normalized spacial score (nSPS) is 11.9. The van der Waals surface area contributed by atoms with E-state index in [-0.39, 0.29) is 0 Å². The molecule has 0 heterocycles. The first-order valence-electron chi connectivity index (χ1n) is 18.6. The van der Waals surface area contributed by atoms with Gasteiger partial charge in [-0.3, -0.25) is 0 Å². The fraction of sp³-hybridized carbons (Fsp3) is 0.0189. The zero-order valence-corrected chi connectivity index (χ0v) is 31.1. The summed E-state index contributed by atoms with van der Waals surface area (Å²) in [6.45, 7) is 6.20. The fourth-order valence-corrected chi connectivity index (χ4v) is 6.49. The Balaban J connectivity index is 0.990. The van der Waals surface area contributed by atoms with E-state index in [0.717, 1.165) is 56.4 Å². The average molecular weight is 709 g/mol. The lowest BCUT2D eigenvalue weighted by atomic mass is 10.0. The van der Waals surface area contributed by atoms with Gasteiger partial charge in [-0.15, -0.1) is 0 Å². The van der Waals surface area contributed by atoms with Crippen LogP contribution < -0.4 is 9.80 Å². The van der Waals surface area contributed by atoms with Crippen LogP contribution in [0.25, 0.3) is 29.4 Å². The number of allylic oxidation sites excluding steroid dienone is 6. The summed E-state index contributed by atoms with van der Waals surface area (Å²) in [6.07, 6.45) is 14.7. The number of hydrogen-bond acceptors (Lipinski definition) is 2. The van der Waals surface area contributed by atoms with Crippen LogP contribution in [0.5, 0.6) is 0 Å². The Kier molecular flexibility index (Phi) is 11.9. The number of benzene rings is 7. The van der Waals surface area contributed by atoms with Crippen molar-refractivity contribution in [2.45, 2.75) is 6.92 Å². The summed E-state index contributed by atoms with van der Waals surface area (Å²) in [4.78, 5) is 4.53. The van der Waals surface area contributed by atoms with Gasteiger partial charge in [0, 0.05) is 34.1 Å². The van der Waals surface area contributed by atoms with Gasteiger partial charge in [-0.05, 0) is 107 Å². The molecular weight excluding hydrogens is 665 g/mol. The lowest BCUT2D eigenvalue weighted by molar-refractivity contribution is 1.15. The fourth-order valence-electron chi connectivity index (χ4n) is 6.49. The van der Waals surface area contributed by atoms with Gasteiger partial charge in [0.1, 0.15) is 0 Å². The van der Waals surface area contributed by atoms with Crippen LogP contribution in [0.15, 0.2) is 236 Å². The van der Waals surface area contributed by atoms with Gasteiger partial charge in [-0.25, -0.2) is 0 Å². The molecule has 0 amide bonds. The summed E-state index contributed by atoms with van der Waals surface area (Å²) in [5.41, 5.74) is 13.6. The van der Waals surface area contributed by atoms with Crippen LogP contribution >= 0.6 is 0 Å². The van der Waals surface area contributed by atoms with E-state index in [1.807, 2.05) is 30.3 Å². The van der Waals surface area contributed by atoms with E-state index in [2.05, 4.69) is 230 Å². The Morgan fingerprint density at radius 1 is 0.400 bits per heavy atom. The highest BCUT2D eigenvalue weighted by molar-refractivity contribution is 5.78. The van der Waals surface area contributed by atoms with Crippen molar-refractivity contribution in [1.82, 2.24) is 0 Å². The van der Waals surface area contributed by atoms with Crippen molar-refractivity contribution in [2.75, 3.05) is 9.80 Å². The molecule has 0 aliphatic carbocycles. The maximum Gasteiger partial charge on any atom is 0.0462 e. The molecule has 0 saturated heterocycles. The van der Waals surface area contributed by atoms with Crippen molar-refractivity contribution in [2.24, 2.45) is 0 Å².